The average molecular weight is 682 g/mol. The summed E-state index contributed by atoms with van der Waals surface area (Å²) in [6, 6.07) is 12.4. The Hall–Kier alpha value is -3.03. The molecule has 0 radical (unpaired) electrons. The molecule has 6 rings (SSSR count). The lowest BCUT2D eigenvalue weighted by Gasteiger charge is -2.30. The van der Waals surface area contributed by atoms with Crippen molar-refractivity contribution in [1.82, 2.24) is 19.4 Å². The van der Waals surface area contributed by atoms with E-state index in [9.17, 15) is 22.5 Å². The van der Waals surface area contributed by atoms with Gasteiger partial charge in [-0.15, -0.1) is 10.3 Å². The van der Waals surface area contributed by atoms with Crippen molar-refractivity contribution in [2.45, 2.75) is 54.6 Å². The lowest BCUT2D eigenvalue weighted by Crippen LogP contribution is -2.36. The minimum absolute atomic E-state index is 0.0345. The first-order chi connectivity index (χ1) is 21.3. The number of hydrogen-bond donors (Lipinski definition) is 3. The summed E-state index contributed by atoms with van der Waals surface area (Å²) in [4.78, 5) is 25.2. The fourth-order valence-electron chi connectivity index (χ4n) is 5.66. The standard InChI is InChI=1S/C31H33Cl2F3N6O2S/c1-41-11-9-21(10-12-41)38-19-3-5-20(6-4-19)39-30-37-16-18-13-24(29(43)42(28(18)40-30)17-31(34,35)36)27-25(32)14-23(15-26(27)33)45(2,44)22-7-8-22/h3-6,13-16,21-22,38,44H,7-12,17H2,1-2H3,(H,37,39,40). The molecular weight excluding hydrogens is 648 g/mol. The number of anilines is 3. The van der Waals surface area contributed by atoms with Crippen LogP contribution in [0.5, 0.6) is 0 Å². The van der Waals surface area contributed by atoms with Gasteiger partial charge in [0.15, 0.2) is 0 Å². The maximum Gasteiger partial charge on any atom is 0.406 e. The number of likely N-dealkylation sites (tertiary alicyclic amines) is 1. The smallest absolute Gasteiger partial charge is 0.382 e. The third-order valence-electron chi connectivity index (χ3n) is 8.33. The van der Waals surface area contributed by atoms with Gasteiger partial charge in [0.25, 0.3) is 5.56 Å². The third-order valence-corrected chi connectivity index (χ3v) is 11.9. The highest BCUT2D eigenvalue weighted by Gasteiger charge is 2.38. The Bertz CT molecular complexity index is 1770. The number of rotatable bonds is 8. The van der Waals surface area contributed by atoms with E-state index in [-0.39, 0.29) is 43.4 Å². The molecule has 0 amide bonds. The van der Waals surface area contributed by atoms with Crippen LogP contribution in [-0.2, 0) is 6.54 Å². The normalized spacial score (nSPS) is 18.5. The Morgan fingerprint density at radius 1 is 1.02 bits per heavy atom. The van der Waals surface area contributed by atoms with Gasteiger partial charge in [0.1, 0.15) is 12.2 Å². The van der Waals surface area contributed by atoms with Gasteiger partial charge in [-0.1, -0.05) is 23.2 Å². The van der Waals surface area contributed by atoms with Crippen molar-refractivity contribution in [1.29, 1.82) is 0 Å². The van der Waals surface area contributed by atoms with Crippen LogP contribution in [0.2, 0.25) is 10.0 Å². The maximum absolute atomic E-state index is 13.8. The van der Waals surface area contributed by atoms with Gasteiger partial charge in [0, 0.05) is 44.7 Å². The monoisotopic (exact) mass is 680 g/mol. The van der Waals surface area contributed by atoms with Crippen LogP contribution in [0.3, 0.4) is 0 Å². The quantitative estimate of drug-likeness (QED) is 0.174. The highest BCUT2D eigenvalue weighted by Crippen LogP contribution is 2.62. The largest absolute Gasteiger partial charge is 0.406 e. The van der Waals surface area contributed by atoms with Gasteiger partial charge < -0.3 is 20.1 Å². The van der Waals surface area contributed by atoms with Crippen molar-refractivity contribution in [3.8, 4) is 11.1 Å². The predicted octanol–water partition coefficient (Wildman–Crippen LogP) is 8.01. The second-order valence-electron chi connectivity index (χ2n) is 11.9. The molecule has 14 heteroatoms. The van der Waals surface area contributed by atoms with Crippen LogP contribution in [0.15, 0.2) is 58.4 Å². The van der Waals surface area contributed by atoms with Crippen molar-refractivity contribution in [3.05, 3.63) is 69.1 Å². The number of nitrogens with one attached hydrogen (secondary N) is 2. The van der Waals surface area contributed by atoms with E-state index in [1.165, 1.54) is 12.3 Å². The Balaban J connectivity index is 1.32. The maximum atomic E-state index is 13.8. The van der Waals surface area contributed by atoms with Crippen molar-refractivity contribution in [3.63, 3.8) is 0 Å². The first-order valence-electron chi connectivity index (χ1n) is 14.6. The summed E-state index contributed by atoms with van der Waals surface area (Å²) in [6.45, 7) is 0.500. The predicted molar refractivity (Wildman–Crippen MR) is 177 cm³/mol. The summed E-state index contributed by atoms with van der Waals surface area (Å²) in [5.74, 6) is 0.0345. The Kier molecular flexibility index (Phi) is 8.72. The molecule has 3 N–H and O–H groups in total. The van der Waals surface area contributed by atoms with Gasteiger partial charge >= 0.3 is 6.18 Å². The molecule has 1 aliphatic carbocycles. The van der Waals surface area contributed by atoms with E-state index in [0.717, 1.165) is 44.5 Å². The molecule has 0 spiro atoms. The van der Waals surface area contributed by atoms with Crippen LogP contribution >= 0.6 is 33.5 Å². The molecule has 2 aliphatic rings. The lowest BCUT2D eigenvalue weighted by molar-refractivity contribution is -0.140. The number of hydrogen-bond acceptors (Lipinski definition) is 7. The molecular formula is C31H33Cl2F3N6O2S. The van der Waals surface area contributed by atoms with E-state index in [4.69, 9.17) is 23.2 Å². The molecule has 45 heavy (non-hydrogen) atoms. The first-order valence-corrected chi connectivity index (χ1v) is 17.4. The second-order valence-corrected chi connectivity index (χ2v) is 15.7. The van der Waals surface area contributed by atoms with E-state index in [0.29, 0.717) is 21.2 Å². The Morgan fingerprint density at radius 2 is 1.64 bits per heavy atom. The van der Waals surface area contributed by atoms with Crippen molar-refractivity contribution in [2.75, 3.05) is 37.0 Å². The molecule has 3 heterocycles. The van der Waals surface area contributed by atoms with E-state index in [1.807, 2.05) is 24.3 Å². The molecule has 240 valence electrons. The molecule has 1 saturated heterocycles. The molecule has 2 aromatic carbocycles. The fourth-order valence-corrected chi connectivity index (χ4v) is 8.63. The average Bonchev–Trinajstić information content (AvgIpc) is 3.83. The zero-order valence-corrected chi connectivity index (χ0v) is 27.0. The molecule has 1 atom stereocenters. The second kappa shape index (κ2) is 12.3. The summed E-state index contributed by atoms with van der Waals surface area (Å²) in [5, 5.41) is 7.02. The molecule has 2 fully saturated rings. The van der Waals surface area contributed by atoms with Crippen LogP contribution in [0, 0.1) is 0 Å². The van der Waals surface area contributed by atoms with E-state index in [2.05, 4.69) is 32.5 Å². The molecule has 4 aromatic rings. The van der Waals surface area contributed by atoms with Crippen molar-refractivity contribution in [2.24, 2.45) is 0 Å². The van der Waals surface area contributed by atoms with Crippen LogP contribution < -0.4 is 16.2 Å². The lowest BCUT2D eigenvalue weighted by atomic mass is 10.1. The van der Waals surface area contributed by atoms with Gasteiger partial charge in [-0.05, 0) is 94.5 Å². The van der Waals surface area contributed by atoms with Crippen LogP contribution in [-0.4, -0.2) is 67.8 Å². The van der Waals surface area contributed by atoms with E-state index >= 15 is 0 Å². The van der Waals surface area contributed by atoms with Gasteiger partial charge in [0.05, 0.1) is 15.6 Å². The number of nitrogens with zero attached hydrogens (tertiary/aromatic N) is 4. The summed E-state index contributed by atoms with van der Waals surface area (Å²) in [5.41, 5.74) is 0.422. The SMILES string of the molecule is CN1CCC(Nc2ccc(Nc3ncc4cc(-c5c(Cl)cc(S(C)(O)C6CC6)cc5Cl)c(=O)n(CC(F)(F)F)c4n3)cc2)CC1. The van der Waals surface area contributed by atoms with Crippen molar-refractivity contribution < 1.29 is 17.7 Å². The van der Waals surface area contributed by atoms with Gasteiger partial charge in [-0.2, -0.15) is 18.2 Å². The number of piperidine rings is 1. The molecule has 0 bridgehead atoms. The number of alkyl halides is 3. The van der Waals surface area contributed by atoms with Gasteiger partial charge in [-0.25, -0.2) is 4.98 Å². The van der Waals surface area contributed by atoms with Crippen LogP contribution in [0.25, 0.3) is 22.2 Å². The summed E-state index contributed by atoms with van der Waals surface area (Å²) >= 11 is 13.2. The summed E-state index contributed by atoms with van der Waals surface area (Å²) in [6.07, 6.45) is 2.28. The Labute approximate surface area is 270 Å². The van der Waals surface area contributed by atoms with Gasteiger partial charge in [-0.3, -0.25) is 9.36 Å². The third kappa shape index (κ3) is 7.05. The minimum Gasteiger partial charge on any atom is -0.382 e. The number of aromatic nitrogens is 3. The molecule has 1 aliphatic heterocycles. The number of halogens is 5. The van der Waals surface area contributed by atoms with Crippen LogP contribution in [0.1, 0.15) is 25.7 Å². The number of pyridine rings is 1. The van der Waals surface area contributed by atoms with Crippen molar-refractivity contribution >= 4 is 61.9 Å². The zero-order chi connectivity index (χ0) is 32.1. The summed E-state index contributed by atoms with van der Waals surface area (Å²) in [7, 11) is -0.0506. The molecule has 8 nitrogen and oxygen atoms in total. The summed E-state index contributed by atoms with van der Waals surface area (Å²) < 4.78 is 53.0. The highest BCUT2D eigenvalue weighted by atomic mass is 35.5. The van der Waals surface area contributed by atoms with E-state index < -0.39 is 28.6 Å². The first kappa shape index (κ1) is 31.9. The molecule has 1 saturated carbocycles. The minimum atomic E-state index is -4.71. The Morgan fingerprint density at radius 3 is 2.24 bits per heavy atom. The molecule has 1 unspecified atom stereocenters. The molecule has 2 aromatic heterocycles. The zero-order valence-electron chi connectivity index (χ0n) is 24.7. The number of benzene rings is 2. The topological polar surface area (TPSA) is 95.3 Å². The van der Waals surface area contributed by atoms with E-state index in [1.54, 1.807) is 18.4 Å². The highest BCUT2D eigenvalue weighted by molar-refractivity contribution is 8.29. The number of fused-ring (bicyclic) bond motifs is 1. The fraction of sp³-hybridized carbons (Fsp3) is 0.387. The van der Waals surface area contributed by atoms with Gasteiger partial charge in [0.2, 0.25) is 5.95 Å². The van der Waals surface area contributed by atoms with Crippen LogP contribution in [0.4, 0.5) is 30.5 Å².